The normalized spacial score (nSPS) is 9.46. The first-order valence-electron chi connectivity index (χ1n) is 7.66. The van der Waals surface area contributed by atoms with Gasteiger partial charge in [0.25, 0.3) is 0 Å². The number of nitrogens with zero attached hydrogens (tertiary/aromatic N) is 3. The summed E-state index contributed by atoms with van der Waals surface area (Å²) in [6, 6.07) is 5.26. The van der Waals surface area contributed by atoms with Crippen molar-refractivity contribution in [1.82, 2.24) is 15.0 Å². The summed E-state index contributed by atoms with van der Waals surface area (Å²) in [5, 5.41) is 2.33. The van der Waals surface area contributed by atoms with Crippen LogP contribution in [0, 0.1) is 12.8 Å². The Morgan fingerprint density at radius 3 is 2.38 bits per heavy atom. The first kappa shape index (κ1) is 24.2. The second-order valence-electron chi connectivity index (χ2n) is 5.24. The number of pyridine rings is 1. The van der Waals surface area contributed by atoms with Crippen molar-refractivity contribution in [2.24, 2.45) is 5.92 Å². The van der Waals surface area contributed by atoms with E-state index in [9.17, 15) is 9.59 Å². The van der Waals surface area contributed by atoms with Crippen molar-refractivity contribution in [3.05, 3.63) is 54.5 Å². The third-order valence-electron chi connectivity index (χ3n) is 2.92. The number of hydrogen-bond donors (Lipinski definition) is 1. The summed E-state index contributed by atoms with van der Waals surface area (Å²) in [6.45, 7) is 9.15. The molecule has 0 unspecified atom stereocenters. The Labute approximate surface area is 173 Å². The zero-order valence-corrected chi connectivity index (χ0v) is 16.3. The molecule has 2 heterocycles. The fraction of sp³-hybridized carbons (Fsp3) is 0.278. The number of amides is 1. The summed E-state index contributed by atoms with van der Waals surface area (Å²) in [6.07, 6.45) is 5.81. The minimum absolute atomic E-state index is 0. The van der Waals surface area contributed by atoms with E-state index in [-0.39, 0.29) is 30.7 Å². The van der Waals surface area contributed by atoms with Gasteiger partial charge < -0.3 is 17.0 Å². The van der Waals surface area contributed by atoms with Crippen molar-refractivity contribution in [3.8, 4) is 0 Å². The smallest absolute Gasteiger partial charge is 0.320 e. The molecule has 0 aliphatic heterocycles. The minimum atomic E-state index is -0.411. The van der Waals surface area contributed by atoms with E-state index >= 15 is 0 Å². The van der Waals surface area contributed by atoms with Crippen molar-refractivity contribution in [2.75, 3.05) is 5.32 Å². The molecule has 0 saturated carbocycles. The van der Waals surface area contributed by atoms with Crippen molar-refractivity contribution in [3.63, 3.8) is 0 Å². The molecule has 0 aromatic carbocycles. The Kier molecular flexibility index (Phi) is 11.7. The number of hydrogen-bond acceptors (Lipinski definition) is 5. The number of nitrogens with one attached hydrogen (secondary N) is 1. The van der Waals surface area contributed by atoms with E-state index in [0.717, 1.165) is 16.6 Å². The van der Waals surface area contributed by atoms with Gasteiger partial charge in [0.1, 0.15) is 0 Å². The van der Waals surface area contributed by atoms with Crippen molar-refractivity contribution >= 4 is 22.6 Å². The monoisotopic (exact) mass is 389 g/mol. The molecule has 0 spiro atoms. The van der Waals surface area contributed by atoms with Crippen LogP contribution in [0.15, 0.2) is 30.6 Å². The molecule has 0 aliphatic carbocycles. The zero-order chi connectivity index (χ0) is 18.8. The summed E-state index contributed by atoms with van der Waals surface area (Å²) in [5.74, 6) is 0.102. The number of anilines is 1. The summed E-state index contributed by atoms with van der Waals surface area (Å²) in [5.41, 5.74) is 2.07. The molecule has 2 rings (SSSR count). The standard InChI is InChI=1S/C12H14NO.C6H6N3O.Li.Ni/c1-4-11-6-5-10(8-14)12(13-11)7-9(2)3;1-5(10)9-6-7-3-2-4-8-6;;/h5-6,9H,4H2,1-3H3;2-4H,1H2,(H,7,8,9,10);;/q2*-1;+1;. The molecular formula is C18H20LiN4NiO2-. The average molecular weight is 390 g/mol. The first-order chi connectivity index (χ1) is 11.9. The molecule has 2 aromatic rings. The van der Waals surface area contributed by atoms with Gasteiger partial charge in [-0.15, -0.1) is 0 Å². The van der Waals surface area contributed by atoms with Crippen LogP contribution < -0.4 is 24.2 Å². The maximum atomic E-state index is 10.7. The second-order valence-corrected chi connectivity index (χ2v) is 5.78. The third kappa shape index (κ3) is 8.05. The molecule has 1 amide bonds. The SMILES string of the molecule is CCc1ccc([C-]=O)c([C](=[Ni])C(C)C)n1.[CH2-]C(=O)Nc1ncccn1.[Li+]. The number of aryl methyl sites for hydroxylation is 1. The van der Waals surface area contributed by atoms with Gasteiger partial charge in [0.05, 0.1) is 5.91 Å². The van der Waals surface area contributed by atoms with Crippen LogP contribution in [0.1, 0.15) is 37.7 Å². The fourth-order valence-corrected chi connectivity index (χ4v) is 1.90. The van der Waals surface area contributed by atoms with Gasteiger partial charge in [0.15, 0.2) is 0 Å². The molecule has 0 radical (unpaired) electrons. The van der Waals surface area contributed by atoms with Crippen molar-refractivity contribution < 1.29 is 43.5 Å². The maximum Gasteiger partial charge on any atom is 1.00 e. The van der Waals surface area contributed by atoms with Crippen LogP contribution >= 0.6 is 0 Å². The molecular weight excluding hydrogens is 370 g/mol. The van der Waals surface area contributed by atoms with Gasteiger partial charge in [-0.1, -0.05) is 0 Å². The Morgan fingerprint density at radius 2 is 1.92 bits per heavy atom. The number of rotatable bonds is 5. The molecule has 26 heavy (non-hydrogen) atoms. The van der Waals surface area contributed by atoms with Gasteiger partial charge in [-0.05, 0) is 6.07 Å². The van der Waals surface area contributed by atoms with Crippen molar-refractivity contribution in [1.29, 1.82) is 0 Å². The number of carbonyl (C=O) groups excluding carboxylic acids is 2. The molecule has 0 saturated heterocycles. The second kappa shape index (κ2) is 12.5. The van der Waals surface area contributed by atoms with Crippen molar-refractivity contribution in [2.45, 2.75) is 27.2 Å². The molecule has 6 nitrogen and oxygen atoms in total. The van der Waals surface area contributed by atoms with E-state index in [1.165, 1.54) is 12.4 Å². The minimum Gasteiger partial charge on any atom is -0.320 e. The van der Waals surface area contributed by atoms with E-state index < -0.39 is 5.91 Å². The number of carbonyl (C=O) groups is 1. The van der Waals surface area contributed by atoms with Crippen LogP contribution in [0.4, 0.5) is 5.95 Å². The topological polar surface area (TPSA) is 84.8 Å². The van der Waals surface area contributed by atoms with Crippen LogP contribution in [0.5, 0.6) is 0 Å². The molecule has 0 aliphatic rings. The molecule has 136 valence electrons. The Bertz CT molecular complexity index is 739. The quantitative estimate of drug-likeness (QED) is 0.528. The fourth-order valence-electron chi connectivity index (χ4n) is 1.71. The largest absolute Gasteiger partial charge is 1.00 e. The molecule has 2 aromatic heterocycles. The van der Waals surface area contributed by atoms with Gasteiger partial charge in [0, 0.05) is 12.4 Å². The van der Waals surface area contributed by atoms with Crippen LogP contribution in [0.25, 0.3) is 0 Å². The summed E-state index contributed by atoms with van der Waals surface area (Å²) in [7, 11) is 0. The van der Waals surface area contributed by atoms with E-state index in [2.05, 4.69) is 27.2 Å². The Balaban J connectivity index is 0.000000497. The summed E-state index contributed by atoms with van der Waals surface area (Å²) in [4.78, 5) is 32.9. The van der Waals surface area contributed by atoms with Crippen LogP contribution in [-0.4, -0.2) is 31.6 Å². The Morgan fingerprint density at radius 1 is 1.31 bits per heavy atom. The average Bonchev–Trinajstić information content (AvgIpc) is 2.61. The molecule has 0 atom stereocenters. The molecule has 8 heteroatoms. The predicted octanol–water partition coefficient (Wildman–Crippen LogP) is -0.922. The molecule has 1 N–H and O–H groups in total. The van der Waals surface area contributed by atoms with E-state index in [4.69, 9.17) is 15.0 Å². The van der Waals surface area contributed by atoms with Gasteiger partial charge in [-0.25, -0.2) is 9.97 Å². The summed E-state index contributed by atoms with van der Waals surface area (Å²) < 4.78 is 0.767. The van der Waals surface area contributed by atoms with Crippen LogP contribution in [-0.2, 0) is 31.0 Å². The predicted molar refractivity (Wildman–Crippen MR) is 93.4 cm³/mol. The first-order valence-corrected chi connectivity index (χ1v) is 8.16. The maximum absolute atomic E-state index is 10.7. The Hall–Kier alpha value is -1.80. The van der Waals surface area contributed by atoms with Crippen LogP contribution in [0.2, 0.25) is 0 Å². The van der Waals surface area contributed by atoms with Crippen LogP contribution in [0.3, 0.4) is 0 Å². The van der Waals surface area contributed by atoms with Gasteiger partial charge in [-0.3, -0.25) is 0 Å². The van der Waals surface area contributed by atoms with Gasteiger partial charge >= 0.3 is 117 Å². The zero-order valence-electron chi connectivity index (χ0n) is 15.4. The van der Waals surface area contributed by atoms with E-state index in [0.29, 0.717) is 11.3 Å². The molecule has 0 fully saturated rings. The van der Waals surface area contributed by atoms with Gasteiger partial charge in [-0.2, -0.15) is 0 Å². The number of aromatic nitrogens is 3. The summed E-state index contributed by atoms with van der Waals surface area (Å²) >= 11 is 4.94. The van der Waals surface area contributed by atoms with Gasteiger partial charge in [0.2, 0.25) is 5.95 Å². The molecule has 0 bridgehead atoms. The van der Waals surface area contributed by atoms with E-state index in [1.54, 1.807) is 12.1 Å². The van der Waals surface area contributed by atoms with E-state index in [1.807, 2.05) is 33.1 Å². The third-order valence-corrected chi connectivity index (χ3v) is 3.73.